The first-order valence-corrected chi connectivity index (χ1v) is 10.3. The van der Waals surface area contributed by atoms with Gasteiger partial charge in [0.2, 0.25) is 0 Å². The molecule has 1 aromatic heterocycles. The zero-order chi connectivity index (χ0) is 19.3. The highest BCUT2D eigenvalue weighted by atomic mass is 16.2. The van der Waals surface area contributed by atoms with Crippen LogP contribution in [0, 0.1) is 6.92 Å². The third-order valence-corrected chi connectivity index (χ3v) is 6.53. The van der Waals surface area contributed by atoms with Gasteiger partial charge in [0, 0.05) is 27.7 Å². The number of rotatable bonds is 3. The van der Waals surface area contributed by atoms with Gasteiger partial charge in [0.1, 0.15) is 0 Å². The summed E-state index contributed by atoms with van der Waals surface area (Å²) in [5.41, 5.74) is 7.22. The molecule has 0 saturated heterocycles. The van der Waals surface area contributed by atoms with E-state index >= 15 is 0 Å². The molecular formula is C25H26N2O. The SMILES string of the molecule is Cc1[nH]c2ccccc2c1[C@H]1C2=C(CCCC2)C(=O)N1[C@H](C)c1ccccc1. The van der Waals surface area contributed by atoms with Crippen molar-refractivity contribution >= 4 is 16.8 Å². The quantitative estimate of drug-likeness (QED) is 0.604. The summed E-state index contributed by atoms with van der Waals surface area (Å²) in [6, 6.07) is 19.0. The maximum absolute atomic E-state index is 13.6. The van der Waals surface area contributed by atoms with E-state index < -0.39 is 0 Å². The Morgan fingerprint density at radius 3 is 2.54 bits per heavy atom. The summed E-state index contributed by atoms with van der Waals surface area (Å²) in [4.78, 5) is 19.3. The lowest BCUT2D eigenvalue weighted by atomic mass is 9.86. The smallest absolute Gasteiger partial charge is 0.251 e. The number of aryl methyl sites for hydroxylation is 1. The third kappa shape index (κ3) is 2.53. The predicted octanol–water partition coefficient (Wildman–Crippen LogP) is 5.99. The highest BCUT2D eigenvalue weighted by molar-refractivity contribution is 5.99. The molecule has 5 rings (SSSR count). The molecule has 1 aliphatic heterocycles. The number of aromatic nitrogens is 1. The van der Waals surface area contributed by atoms with Gasteiger partial charge in [0.25, 0.3) is 5.91 Å². The lowest BCUT2D eigenvalue weighted by molar-refractivity contribution is -0.129. The fraction of sp³-hybridized carbons (Fsp3) is 0.320. The zero-order valence-electron chi connectivity index (χ0n) is 16.5. The van der Waals surface area contributed by atoms with Crippen LogP contribution in [0.25, 0.3) is 10.9 Å². The molecule has 3 nitrogen and oxygen atoms in total. The number of carbonyl (C=O) groups excluding carboxylic acids is 1. The van der Waals surface area contributed by atoms with Crippen molar-refractivity contribution in [3.8, 4) is 0 Å². The Morgan fingerprint density at radius 2 is 1.71 bits per heavy atom. The Kier molecular flexibility index (Phi) is 4.12. The van der Waals surface area contributed by atoms with E-state index in [0.717, 1.165) is 30.4 Å². The maximum Gasteiger partial charge on any atom is 0.251 e. The molecule has 2 aliphatic rings. The molecule has 3 heteroatoms. The Hall–Kier alpha value is -2.81. The Labute approximate surface area is 166 Å². The molecule has 1 aliphatic carbocycles. The van der Waals surface area contributed by atoms with Crippen LogP contribution < -0.4 is 0 Å². The molecule has 0 saturated carbocycles. The molecule has 1 amide bonds. The van der Waals surface area contributed by atoms with Gasteiger partial charge in [-0.3, -0.25) is 4.79 Å². The molecule has 2 atom stereocenters. The summed E-state index contributed by atoms with van der Waals surface area (Å²) in [6.07, 6.45) is 4.25. The minimum Gasteiger partial charge on any atom is -0.358 e. The predicted molar refractivity (Wildman–Crippen MR) is 113 cm³/mol. The van der Waals surface area contributed by atoms with Crippen LogP contribution in [0.3, 0.4) is 0 Å². The number of para-hydroxylation sites is 1. The van der Waals surface area contributed by atoms with Crippen molar-refractivity contribution in [2.75, 3.05) is 0 Å². The summed E-state index contributed by atoms with van der Waals surface area (Å²) < 4.78 is 0. The van der Waals surface area contributed by atoms with Gasteiger partial charge in [-0.2, -0.15) is 0 Å². The highest BCUT2D eigenvalue weighted by Crippen LogP contribution is 2.50. The van der Waals surface area contributed by atoms with Gasteiger partial charge in [-0.1, -0.05) is 48.5 Å². The molecular weight excluding hydrogens is 344 g/mol. The van der Waals surface area contributed by atoms with E-state index in [1.165, 1.54) is 34.2 Å². The van der Waals surface area contributed by atoms with Crippen LogP contribution in [0.4, 0.5) is 0 Å². The second-order valence-electron chi connectivity index (χ2n) is 8.12. The normalized spacial score (nSPS) is 20.7. The molecule has 0 bridgehead atoms. The number of hydrogen-bond donors (Lipinski definition) is 1. The van der Waals surface area contributed by atoms with Crippen molar-refractivity contribution in [2.45, 2.75) is 51.6 Å². The maximum atomic E-state index is 13.6. The van der Waals surface area contributed by atoms with Crippen LogP contribution in [0.15, 0.2) is 65.7 Å². The molecule has 142 valence electrons. The number of benzene rings is 2. The van der Waals surface area contributed by atoms with Crippen molar-refractivity contribution in [1.29, 1.82) is 0 Å². The van der Waals surface area contributed by atoms with E-state index in [-0.39, 0.29) is 18.0 Å². The van der Waals surface area contributed by atoms with Gasteiger partial charge in [-0.25, -0.2) is 0 Å². The highest BCUT2D eigenvalue weighted by Gasteiger charge is 2.44. The Bertz CT molecular complexity index is 1080. The second kappa shape index (κ2) is 6.66. The minimum atomic E-state index is 0.0363. The molecule has 0 fully saturated rings. The Morgan fingerprint density at radius 1 is 1.00 bits per heavy atom. The van der Waals surface area contributed by atoms with E-state index in [1.807, 2.05) is 6.07 Å². The molecule has 0 radical (unpaired) electrons. The third-order valence-electron chi connectivity index (χ3n) is 6.53. The van der Waals surface area contributed by atoms with E-state index in [9.17, 15) is 4.79 Å². The van der Waals surface area contributed by atoms with Crippen LogP contribution in [0.2, 0.25) is 0 Å². The number of amides is 1. The number of carbonyl (C=O) groups is 1. The molecule has 28 heavy (non-hydrogen) atoms. The van der Waals surface area contributed by atoms with Crippen LogP contribution in [-0.2, 0) is 4.79 Å². The fourth-order valence-electron chi connectivity index (χ4n) is 5.17. The van der Waals surface area contributed by atoms with Gasteiger partial charge in [-0.05, 0) is 56.7 Å². The monoisotopic (exact) mass is 370 g/mol. The minimum absolute atomic E-state index is 0.0363. The molecule has 0 spiro atoms. The Balaban J connectivity index is 1.70. The number of aromatic amines is 1. The van der Waals surface area contributed by atoms with Crippen molar-refractivity contribution in [3.05, 3.63) is 82.6 Å². The number of nitrogens with one attached hydrogen (secondary N) is 1. The summed E-state index contributed by atoms with van der Waals surface area (Å²) in [5, 5.41) is 1.24. The number of hydrogen-bond acceptors (Lipinski definition) is 1. The first kappa shape index (κ1) is 17.3. The molecule has 3 aromatic rings. The van der Waals surface area contributed by atoms with Crippen molar-refractivity contribution in [1.82, 2.24) is 9.88 Å². The summed E-state index contributed by atoms with van der Waals surface area (Å²) in [6.45, 7) is 4.31. The molecule has 0 unspecified atom stereocenters. The number of H-pyrrole nitrogens is 1. The first-order valence-electron chi connectivity index (χ1n) is 10.3. The van der Waals surface area contributed by atoms with Gasteiger partial charge in [-0.15, -0.1) is 0 Å². The van der Waals surface area contributed by atoms with E-state index in [1.54, 1.807) is 0 Å². The van der Waals surface area contributed by atoms with Crippen LogP contribution >= 0.6 is 0 Å². The summed E-state index contributed by atoms with van der Waals surface area (Å²) in [5.74, 6) is 0.237. The van der Waals surface area contributed by atoms with Crippen LogP contribution in [-0.4, -0.2) is 15.8 Å². The van der Waals surface area contributed by atoms with Crippen molar-refractivity contribution in [3.63, 3.8) is 0 Å². The van der Waals surface area contributed by atoms with Crippen molar-refractivity contribution in [2.24, 2.45) is 0 Å². The van der Waals surface area contributed by atoms with Gasteiger partial charge >= 0.3 is 0 Å². The van der Waals surface area contributed by atoms with Gasteiger partial charge in [0.15, 0.2) is 0 Å². The van der Waals surface area contributed by atoms with Gasteiger partial charge in [0.05, 0.1) is 12.1 Å². The average molecular weight is 370 g/mol. The van der Waals surface area contributed by atoms with Gasteiger partial charge < -0.3 is 9.88 Å². The lowest BCUT2D eigenvalue weighted by Gasteiger charge is -2.33. The number of fused-ring (bicyclic) bond motifs is 1. The average Bonchev–Trinajstić information content (AvgIpc) is 3.21. The number of nitrogens with zero attached hydrogens (tertiary/aromatic N) is 1. The molecule has 1 N–H and O–H groups in total. The topological polar surface area (TPSA) is 36.1 Å². The van der Waals surface area contributed by atoms with Crippen LogP contribution in [0.1, 0.15) is 61.5 Å². The second-order valence-corrected chi connectivity index (χ2v) is 8.12. The van der Waals surface area contributed by atoms with Crippen LogP contribution in [0.5, 0.6) is 0 Å². The lowest BCUT2D eigenvalue weighted by Crippen LogP contribution is -2.33. The van der Waals surface area contributed by atoms with E-state index in [0.29, 0.717) is 0 Å². The van der Waals surface area contributed by atoms with E-state index in [4.69, 9.17) is 0 Å². The van der Waals surface area contributed by atoms with E-state index in [2.05, 4.69) is 72.3 Å². The van der Waals surface area contributed by atoms with Crippen molar-refractivity contribution < 1.29 is 4.79 Å². The zero-order valence-corrected chi connectivity index (χ0v) is 16.5. The standard InChI is InChI=1S/C25H26N2O/c1-16-23(21-14-8-9-15-22(21)26-16)24-19-12-6-7-13-20(19)25(28)27(24)17(2)18-10-4-3-5-11-18/h3-5,8-11,14-15,17,24,26H,6-7,12-13H2,1-2H3/t17-,24-/m1/s1. The molecule has 2 heterocycles. The largest absolute Gasteiger partial charge is 0.358 e. The summed E-state index contributed by atoms with van der Waals surface area (Å²) >= 11 is 0. The summed E-state index contributed by atoms with van der Waals surface area (Å²) in [7, 11) is 0. The first-order chi connectivity index (χ1) is 13.7. The fourth-order valence-corrected chi connectivity index (χ4v) is 5.17. The molecule has 2 aromatic carbocycles.